The van der Waals surface area contributed by atoms with Crippen molar-refractivity contribution in [3.05, 3.63) is 0 Å². The Morgan fingerprint density at radius 1 is 1.38 bits per heavy atom. The van der Waals surface area contributed by atoms with Crippen LogP contribution in [0.5, 0.6) is 0 Å². The quantitative estimate of drug-likeness (QED) is 0.818. The van der Waals surface area contributed by atoms with Crippen molar-refractivity contribution in [3.8, 4) is 0 Å². The molecular weight excluding hydrogens is 221 g/mol. The lowest BCUT2D eigenvalue weighted by Gasteiger charge is -2.39. The van der Waals surface area contributed by atoms with Crippen LogP contribution >= 0.6 is 0 Å². The van der Waals surface area contributed by atoms with Crippen LogP contribution in [-0.4, -0.2) is 30.1 Å². The van der Waals surface area contributed by atoms with Crippen LogP contribution in [0.1, 0.15) is 44.9 Å². The monoisotopic (exact) mass is 240 g/mol. The first-order chi connectivity index (χ1) is 7.37. The second-order valence-electron chi connectivity index (χ2n) is 4.54. The van der Waals surface area contributed by atoms with Crippen molar-refractivity contribution in [2.45, 2.75) is 62.8 Å². The summed E-state index contributed by atoms with van der Waals surface area (Å²) < 4.78 is 41.2. The van der Waals surface area contributed by atoms with Gasteiger partial charge in [-0.3, -0.25) is 0 Å². The van der Waals surface area contributed by atoms with Crippen molar-refractivity contribution in [2.75, 3.05) is 7.11 Å². The second kappa shape index (κ2) is 5.36. The molecule has 0 spiro atoms. The fraction of sp³-hybridized carbons (Fsp3) is 1.00. The van der Waals surface area contributed by atoms with Gasteiger partial charge in [0.2, 0.25) is 0 Å². The maximum Gasteiger partial charge on any atom is 0.389 e. The number of rotatable bonds is 4. The smallest absolute Gasteiger partial charge is 0.387 e. The summed E-state index contributed by atoms with van der Waals surface area (Å²) in [5.74, 6) is 0. The Balaban J connectivity index is 2.42. The highest BCUT2D eigenvalue weighted by Gasteiger charge is 2.39. The van der Waals surface area contributed by atoms with Crippen LogP contribution < -0.4 is 0 Å². The molecule has 2 atom stereocenters. The molecule has 0 aromatic carbocycles. The highest BCUT2D eigenvalue weighted by molar-refractivity contribution is 4.91. The van der Waals surface area contributed by atoms with Gasteiger partial charge in [-0.1, -0.05) is 12.8 Å². The van der Waals surface area contributed by atoms with Crippen LogP contribution in [0.4, 0.5) is 13.2 Å². The van der Waals surface area contributed by atoms with Gasteiger partial charge in [-0.15, -0.1) is 0 Å². The van der Waals surface area contributed by atoms with E-state index in [0.29, 0.717) is 6.42 Å². The molecule has 0 radical (unpaired) electrons. The maximum absolute atomic E-state index is 12.0. The molecule has 1 fully saturated rings. The summed E-state index contributed by atoms with van der Waals surface area (Å²) in [5.41, 5.74) is -1.06. The largest absolute Gasteiger partial charge is 0.389 e. The Morgan fingerprint density at radius 2 is 2.06 bits per heavy atom. The molecule has 0 saturated heterocycles. The molecule has 2 nitrogen and oxygen atoms in total. The average molecular weight is 240 g/mol. The number of hydrogen-bond donors (Lipinski definition) is 1. The first kappa shape index (κ1) is 13.8. The predicted molar refractivity (Wildman–Crippen MR) is 54.1 cm³/mol. The van der Waals surface area contributed by atoms with Crippen LogP contribution in [-0.2, 0) is 4.74 Å². The molecule has 0 bridgehead atoms. The third-order valence-corrected chi connectivity index (χ3v) is 3.28. The fourth-order valence-electron chi connectivity index (χ4n) is 2.41. The normalized spacial score (nSPS) is 31.7. The molecule has 0 amide bonds. The Kier molecular flexibility index (Phi) is 4.62. The van der Waals surface area contributed by atoms with Crippen LogP contribution in [0.3, 0.4) is 0 Å². The van der Waals surface area contributed by atoms with Gasteiger partial charge in [0, 0.05) is 13.5 Å². The highest BCUT2D eigenvalue weighted by atomic mass is 19.4. The van der Waals surface area contributed by atoms with E-state index in [9.17, 15) is 18.3 Å². The van der Waals surface area contributed by atoms with Gasteiger partial charge in [0.25, 0.3) is 0 Å². The zero-order valence-corrected chi connectivity index (χ0v) is 9.52. The number of halogens is 3. The first-order valence-corrected chi connectivity index (χ1v) is 5.69. The Labute approximate surface area is 93.8 Å². The van der Waals surface area contributed by atoms with Crippen molar-refractivity contribution < 1.29 is 23.0 Å². The molecule has 5 heteroatoms. The number of hydrogen-bond acceptors (Lipinski definition) is 2. The standard InChI is InChI=1S/C11H19F3O2/c1-16-9-5-2-3-6-10(9,15)7-4-8-11(12,13)14/h9,15H,2-8H2,1H3. The molecule has 1 rings (SSSR count). The Hall–Kier alpha value is -0.290. The number of ether oxygens (including phenoxy) is 1. The fourth-order valence-corrected chi connectivity index (χ4v) is 2.41. The van der Waals surface area contributed by atoms with Crippen molar-refractivity contribution in [2.24, 2.45) is 0 Å². The van der Waals surface area contributed by atoms with E-state index >= 15 is 0 Å². The maximum atomic E-state index is 12.0. The van der Waals surface area contributed by atoms with Gasteiger partial charge >= 0.3 is 6.18 Å². The Morgan fingerprint density at radius 3 is 2.62 bits per heavy atom. The molecule has 2 unspecified atom stereocenters. The third kappa shape index (κ3) is 3.94. The summed E-state index contributed by atoms with van der Waals surface area (Å²) >= 11 is 0. The van der Waals surface area contributed by atoms with Crippen molar-refractivity contribution >= 4 is 0 Å². The van der Waals surface area contributed by atoms with E-state index in [1.54, 1.807) is 0 Å². The highest BCUT2D eigenvalue weighted by Crippen LogP contribution is 2.35. The molecule has 1 aliphatic rings. The number of alkyl halides is 3. The van der Waals surface area contributed by atoms with Gasteiger partial charge in [0.15, 0.2) is 0 Å². The van der Waals surface area contributed by atoms with Crippen molar-refractivity contribution in [1.29, 1.82) is 0 Å². The average Bonchev–Trinajstić information content (AvgIpc) is 2.16. The minimum absolute atomic E-state index is 0.0279. The molecule has 0 aromatic heterocycles. The van der Waals surface area contributed by atoms with E-state index in [2.05, 4.69) is 0 Å². The van der Waals surface area contributed by atoms with Crippen LogP contribution in [0.2, 0.25) is 0 Å². The van der Waals surface area contributed by atoms with E-state index < -0.39 is 18.2 Å². The molecule has 1 N–H and O–H groups in total. The Bertz CT molecular complexity index is 218. The molecule has 96 valence electrons. The second-order valence-corrected chi connectivity index (χ2v) is 4.54. The lowest BCUT2D eigenvalue weighted by Crippen LogP contribution is -2.46. The van der Waals surface area contributed by atoms with Gasteiger partial charge in [0.05, 0.1) is 11.7 Å². The minimum Gasteiger partial charge on any atom is -0.387 e. The van der Waals surface area contributed by atoms with Gasteiger partial charge < -0.3 is 9.84 Å². The summed E-state index contributed by atoms with van der Waals surface area (Å²) in [6.07, 6.45) is -2.01. The van der Waals surface area contributed by atoms with Gasteiger partial charge in [-0.05, 0) is 25.7 Å². The number of aliphatic hydroxyl groups is 1. The first-order valence-electron chi connectivity index (χ1n) is 5.69. The molecule has 0 heterocycles. The van der Waals surface area contributed by atoms with E-state index in [0.717, 1.165) is 19.3 Å². The van der Waals surface area contributed by atoms with Crippen LogP contribution in [0.25, 0.3) is 0 Å². The topological polar surface area (TPSA) is 29.5 Å². The summed E-state index contributed by atoms with van der Waals surface area (Å²) in [5, 5.41) is 10.2. The van der Waals surface area contributed by atoms with Gasteiger partial charge in [-0.2, -0.15) is 13.2 Å². The van der Waals surface area contributed by atoms with E-state index in [4.69, 9.17) is 4.74 Å². The van der Waals surface area contributed by atoms with Gasteiger partial charge in [0.1, 0.15) is 0 Å². The van der Waals surface area contributed by atoms with Crippen LogP contribution in [0, 0.1) is 0 Å². The van der Waals surface area contributed by atoms with Crippen LogP contribution in [0.15, 0.2) is 0 Å². The molecule has 0 aromatic rings. The summed E-state index contributed by atoms with van der Waals surface area (Å²) in [6.45, 7) is 0. The summed E-state index contributed by atoms with van der Waals surface area (Å²) in [7, 11) is 1.50. The minimum atomic E-state index is -4.13. The summed E-state index contributed by atoms with van der Waals surface area (Å²) in [6, 6.07) is 0. The molecule has 0 aliphatic heterocycles. The van der Waals surface area contributed by atoms with Crippen molar-refractivity contribution in [1.82, 2.24) is 0 Å². The zero-order valence-electron chi connectivity index (χ0n) is 9.52. The third-order valence-electron chi connectivity index (χ3n) is 3.28. The number of methoxy groups -OCH3 is 1. The zero-order chi connectivity index (χ0) is 12.2. The molecule has 1 aliphatic carbocycles. The molecule has 1 saturated carbocycles. The lowest BCUT2D eigenvalue weighted by molar-refractivity contribution is -0.148. The van der Waals surface area contributed by atoms with E-state index in [1.807, 2.05) is 0 Å². The predicted octanol–water partition coefficient (Wildman–Crippen LogP) is 3.04. The lowest BCUT2D eigenvalue weighted by atomic mass is 9.79. The van der Waals surface area contributed by atoms with Crippen molar-refractivity contribution in [3.63, 3.8) is 0 Å². The van der Waals surface area contributed by atoms with Gasteiger partial charge in [-0.25, -0.2) is 0 Å². The molecular formula is C11H19F3O2. The van der Waals surface area contributed by atoms with E-state index in [1.165, 1.54) is 7.11 Å². The molecule has 16 heavy (non-hydrogen) atoms. The summed E-state index contributed by atoms with van der Waals surface area (Å²) in [4.78, 5) is 0. The SMILES string of the molecule is COC1CCCCC1(O)CCCC(F)(F)F. The van der Waals surface area contributed by atoms with E-state index in [-0.39, 0.29) is 18.9 Å².